The molecule has 11 heteroatoms. The van der Waals surface area contributed by atoms with Crippen molar-refractivity contribution in [2.45, 2.75) is 16.9 Å². The van der Waals surface area contributed by atoms with Gasteiger partial charge in [0.05, 0.1) is 12.2 Å². The van der Waals surface area contributed by atoms with Gasteiger partial charge < -0.3 is 4.52 Å². The number of anilines is 1. The quantitative estimate of drug-likeness (QED) is 0.317. The number of aromatic nitrogens is 2. The number of hydrogen-bond acceptors (Lipinski definition) is 6. The van der Waals surface area contributed by atoms with Crippen molar-refractivity contribution in [3.63, 3.8) is 0 Å². The Morgan fingerprint density at radius 2 is 1.71 bits per heavy atom. The molecule has 0 unspecified atom stereocenters. The largest absolute Gasteiger partial charge is 0.446 e. The molecule has 0 radical (unpaired) electrons. The van der Waals surface area contributed by atoms with Crippen molar-refractivity contribution in [3.05, 3.63) is 72.7 Å². The molecular weight excluding hydrogens is 433 g/mol. The number of amides is 3. The number of carbonyl (C=O) groups is 2. The normalized spacial score (nSPS) is 14.6. The van der Waals surface area contributed by atoms with E-state index in [-0.39, 0.29) is 46.3 Å². The fourth-order valence-electron chi connectivity index (χ4n) is 2.91. The Morgan fingerprint density at radius 3 is 2.35 bits per heavy atom. The zero-order valence-corrected chi connectivity index (χ0v) is 16.5. The number of thioether (sulfide) groups is 1. The van der Waals surface area contributed by atoms with Crippen molar-refractivity contribution < 1.29 is 27.3 Å². The summed E-state index contributed by atoms with van der Waals surface area (Å²) >= 11 is -0.286. The predicted octanol–water partition coefficient (Wildman–Crippen LogP) is 4.83. The van der Waals surface area contributed by atoms with Gasteiger partial charge in [0.15, 0.2) is 5.82 Å². The van der Waals surface area contributed by atoms with Crippen LogP contribution in [0.4, 0.5) is 23.7 Å². The summed E-state index contributed by atoms with van der Waals surface area (Å²) in [6.45, 7) is 3.49. The third kappa shape index (κ3) is 4.31. The van der Waals surface area contributed by atoms with Crippen LogP contribution >= 0.6 is 11.8 Å². The van der Waals surface area contributed by atoms with Gasteiger partial charge in [-0.3, -0.25) is 9.69 Å². The molecule has 3 aromatic rings. The molecule has 1 saturated heterocycles. The topological polar surface area (TPSA) is 79.5 Å². The molecule has 0 spiro atoms. The minimum atomic E-state index is -4.44. The number of hydrogen-bond donors (Lipinski definition) is 0. The van der Waals surface area contributed by atoms with Gasteiger partial charge in [-0.25, -0.2) is 9.69 Å². The molecule has 158 valence electrons. The number of alkyl halides is 3. The van der Waals surface area contributed by atoms with Crippen LogP contribution in [0, 0.1) is 0 Å². The highest BCUT2D eigenvalue weighted by Gasteiger charge is 2.41. The molecule has 1 fully saturated rings. The number of carbonyl (C=O) groups excluding carboxylic acids is 2. The van der Waals surface area contributed by atoms with Crippen LogP contribution in [0.1, 0.15) is 5.82 Å². The van der Waals surface area contributed by atoms with Gasteiger partial charge in [0.1, 0.15) is 5.70 Å². The highest BCUT2D eigenvalue weighted by atomic mass is 32.2. The molecule has 0 N–H and O–H groups in total. The van der Waals surface area contributed by atoms with Crippen molar-refractivity contribution in [3.8, 4) is 11.5 Å². The Balaban J connectivity index is 1.51. The van der Waals surface area contributed by atoms with Crippen LogP contribution in [0.15, 0.2) is 76.3 Å². The van der Waals surface area contributed by atoms with Crippen LogP contribution in [-0.2, 0) is 11.3 Å². The van der Waals surface area contributed by atoms with E-state index >= 15 is 0 Å². The highest BCUT2D eigenvalue weighted by Crippen LogP contribution is 2.38. The molecule has 1 aliphatic rings. The smallest absolute Gasteiger partial charge is 0.334 e. The SMILES string of the molecule is C=C1C(=O)N(c2ccc(SC(F)(F)F)cc2)C(=O)N1Cc1noc(-c2ccccc2)n1. The van der Waals surface area contributed by atoms with E-state index in [2.05, 4.69) is 16.7 Å². The number of nitrogens with zero attached hydrogens (tertiary/aromatic N) is 4. The summed E-state index contributed by atoms with van der Waals surface area (Å²) in [5.74, 6) is -0.262. The lowest BCUT2D eigenvalue weighted by molar-refractivity contribution is -0.114. The van der Waals surface area contributed by atoms with Gasteiger partial charge in [0.25, 0.3) is 11.8 Å². The van der Waals surface area contributed by atoms with Gasteiger partial charge in [-0.1, -0.05) is 29.9 Å². The van der Waals surface area contributed by atoms with Crippen LogP contribution in [0.3, 0.4) is 0 Å². The molecule has 7 nitrogen and oxygen atoms in total. The predicted molar refractivity (Wildman–Crippen MR) is 106 cm³/mol. The van der Waals surface area contributed by atoms with Crippen molar-refractivity contribution in [1.82, 2.24) is 15.0 Å². The second-order valence-corrected chi connectivity index (χ2v) is 7.52. The Labute approximate surface area is 178 Å². The maximum absolute atomic E-state index is 12.8. The number of urea groups is 1. The Kier molecular flexibility index (Phi) is 5.27. The van der Waals surface area contributed by atoms with E-state index in [1.165, 1.54) is 24.3 Å². The van der Waals surface area contributed by atoms with Crippen molar-refractivity contribution in [2.24, 2.45) is 0 Å². The molecule has 4 rings (SSSR count). The first-order valence-corrected chi connectivity index (χ1v) is 9.63. The van der Waals surface area contributed by atoms with Crippen LogP contribution in [0.2, 0.25) is 0 Å². The van der Waals surface area contributed by atoms with E-state index in [1.807, 2.05) is 6.07 Å². The summed E-state index contributed by atoms with van der Waals surface area (Å²) in [7, 11) is 0. The first-order chi connectivity index (χ1) is 14.7. The zero-order chi connectivity index (χ0) is 22.2. The monoisotopic (exact) mass is 446 g/mol. The van der Waals surface area contributed by atoms with Gasteiger partial charge in [-0.15, -0.1) is 0 Å². The minimum absolute atomic E-state index is 0.0636. The van der Waals surface area contributed by atoms with E-state index < -0.39 is 17.4 Å². The average Bonchev–Trinajstić information content (AvgIpc) is 3.28. The molecule has 0 aliphatic carbocycles. The summed E-state index contributed by atoms with van der Waals surface area (Å²) in [6.07, 6.45) is 0. The second kappa shape index (κ2) is 7.91. The lowest BCUT2D eigenvalue weighted by Gasteiger charge is -2.16. The molecular formula is C20H13F3N4O3S. The number of halogens is 3. The van der Waals surface area contributed by atoms with Gasteiger partial charge >= 0.3 is 11.5 Å². The van der Waals surface area contributed by atoms with Gasteiger partial charge in [0.2, 0.25) is 0 Å². The summed E-state index contributed by atoms with van der Waals surface area (Å²) < 4.78 is 42.7. The molecule has 2 aromatic carbocycles. The van der Waals surface area contributed by atoms with Crippen LogP contribution in [0.25, 0.3) is 11.5 Å². The van der Waals surface area contributed by atoms with E-state index in [9.17, 15) is 22.8 Å². The van der Waals surface area contributed by atoms with Gasteiger partial charge in [0, 0.05) is 10.5 Å². The fourth-order valence-corrected chi connectivity index (χ4v) is 3.45. The van der Waals surface area contributed by atoms with E-state index in [1.54, 1.807) is 24.3 Å². The highest BCUT2D eigenvalue weighted by molar-refractivity contribution is 8.00. The molecule has 3 amide bonds. The number of rotatable bonds is 5. The zero-order valence-electron chi connectivity index (χ0n) is 15.7. The minimum Gasteiger partial charge on any atom is -0.334 e. The summed E-state index contributed by atoms with van der Waals surface area (Å²) in [4.78, 5) is 31.5. The maximum Gasteiger partial charge on any atom is 0.446 e. The van der Waals surface area contributed by atoms with Crippen LogP contribution < -0.4 is 4.90 Å². The molecule has 0 bridgehead atoms. The van der Waals surface area contributed by atoms with E-state index in [4.69, 9.17) is 4.52 Å². The molecule has 0 atom stereocenters. The Morgan fingerprint density at radius 1 is 1.03 bits per heavy atom. The number of benzene rings is 2. The molecule has 2 heterocycles. The lowest BCUT2D eigenvalue weighted by atomic mass is 10.2. The summed E-state index contributed by atoms with van der Waals surface area (Å²) in [6, 6.07) is 13.2. The van der Waals surface area contributed by atoms with Crippen molar-refractivity contribution in [1.29, 1.82) is 0 Å². The van der Waals surface area contributed by atoms with E-state index in [0.29, 0.717) is 5.56 Å². The molecule has 1 aliphatic heterocycles. The van der Waals surface area contributed by atoms with Gasteiger partial charge in [-0.2, -0.15) is 18.2 Å². The second-order valence-electron chi connectivity index (χ2n) is 6.38. The summed E-state index contributed by atoms with van der Waals surface area (Å²) in [5, 5.41) is 3.83. The third-order valence-corrected chi connectivity index (χ3v) is 5.05. The van der Waals surface area contributed by atoms with Crippen molar-refractivity contribution in [2.75, 3.05) is 4.90 Å². The first-order valence-electron chi connectivity index (χ1n) is 8.81. The van der Waals surface area contributed by atoms with E-state index in [0.717, 1.165) is 9.80 Å². The molecule has 31 heavy (non-hydrogen) atoms. The average molecular weight is 446 g/mol. The third-order valence-electron chi connectivity index (χ3n) is 4.31. The first kappa shape index (κ1) is 20.7. The Bertz CT molecular complexity index is 1150. The van der Waals surface area contributed by atoms with Crippen LogP contribution in [0.5, 0.6) is 0 Å². The summed E-state index contributed by atoms with van der Waals surface area (Å²) in [5.41, 5.74) is -3.72. The lowest BCUT2D eigenvalue weighted by Crippen LogP contribution is -2.32. The van der Waals surface area contributed by atoms with Crippen LogP contribution in [-0.4, -0.2) is 32.5 Å². The van der Waals surface area contributed by atoms with Gasteiger partial charge in [-0.05, 0) is 48.2 Å². The standard InChI is InChI=1S/C20H13F3N4O3S/c1-12-18(28)27(14-7-9-15(10-8-14)31-20(21,22)23)19(29)26(12)11-16-24-17(30-25-16)13-5-3-2-4-6-13/h2-10H,1,11H2. The van der Waals surface area contributed by atoms with Crippen molar-refractivity contribution >= 4 is 29.4 Å². The molecule has 1 aromatic heterocycles. The molecule has 0 saturated carbocycles. The maximum atomic E-state index is 12.8. The number of imide groups is 1. The fraction of sp³-hybridized carbons (Fsp3) is 0.100. The Hall–Kier alpha value is -3.60.